The maximum Gasteiger partial charge on any atom is 0.121 e. The van der Waals surface area contributed by atoms with Crippen LogP contribution in [-0.4, -0.2) is 22.1 Å². The Morgan fingerprint density at radius 2 is 1.91 bits per heavy atom. The first-order valence-corrected chi connectivity index (χ1v) is 8.48. The number of aliphatic hydroxyl groups is 1. The van der Waals surface area contributed by atoms with Crippen LogP contribution in [0.25, 0.3) is 0 Å². The highest BCUT2D eigenvalue weighted by molar-refractivity contribution is 5.23. The third kappa shape index (κ3) is 6.86. The van der Waals surface area contributed by atoms with E-state index in [-0.39, 0.29) is 5.92 Å². The van der Waals surface area contributed by atoms with Crippen molar-refractivity contribution in [2.24, 2.45) is 5.92 Å². The number of aliphatic hydroxyl groups excluding tert-OH is 1. The van der Waals surface area contributed by atoms with Gasteiger partial charge in [0.2, 0.25) is 0 Å². The summed E-state index contributed by atoms with van der Waals surface area (Å²) in [7, 11) is 0. The number of allylic oxidation sites excluding steroid dienone is 6. The molecule has 0 aromatic rings. The Kier molecular flexibility index (Phi) is 7.97. The molecule has 23 heavy (non-hydrogen) atoms. The third-order valence-corrected chi connectivity index (χ3v) is 4.36. The molecule has 0 unspecified atom stereocenters. The van der Waals surface area contributed by atoms with Gasteiger partial charge in [0.15, 0.2) is 0 Å². The van der Waals surface area contributed by atoms with Crippen LogP contribution in [0, 0.1) is 5.92 Å². The van der Waals surface area contributed by atoms with Crippen molar-refractivity contribution >= 4 is 0 Å². The quantitative estimate of drug-likeness (QED) is 0.417. The van der Waals surface area contributed by atoms with Gasteiger partial charge in [0.25, 0.3) is 0 Å². The Morgan fingerprint density at radius 3 is 2.52 bits per heavy atom. The molecule has 1 aliphatic rings. The van der Waals surface area contributed by atoms with Crippen molar-refractivity contribution in [1.29, 1.82) is 0 Å². The number of hydrogen-bond donors (Lipinski definition) is 2. The lowest BCUT2D eigenvalue weighted by Gasteiger charge is -2.28. The Balaban J connectivity index is 3.16. The van der Waals surface area contributed by atoms with Crippen LogP contribution in [0.4, 0.5) is 0 Å². The highest BCUT2D eigenvalue weighted by Gasteiger charge is 2.28. The molecule has 0 radical (unpaired) electrons. The van der Waals surface area contributed by atoms with E-state index in [1.165, 1.54) is 11.1 Å². The summed E-state index contributed by atoms with van der Waals surface area (Å²) in [5.41, 5.74) is 2.67. The maximum atomic E-state index is 10.6. The van der Waals surface area contributed by atoms with E-state index in [0.717, 1.165) is 24.8 Å². The summed E-state index contributed by atoms with van der Waals surface area (Å²) in [5.74, 6) is 0.232. The first kappa shape index (κ1) is 19.9. The molecule has 2 atom stereocenters. The maximum absolute atomic E-state index is 10.6. The Labute approximate surface area is 141 Å². The molecule has 2 N–H and O–H groups in total. The molecule has 0 aromatic heterocycles. The van der Waals surface area contributed by atoms with Crippen molar-refractivity contribution in [2.75, 3.05) is 0 Å². The summed E-state index contributed by atoms with van der Waals surface area (Å²) in [4.78, 5) is 4.68. The van der Waals surface area contributed by atoms with E-state index in [2.05, 4.69) is 44.7 Å². The predicted molar refractivity (Wildman–Crippen MR) is 96.2 cm³/mol. The van der Waals surface area contributed by atoms with Gasteiger partial charge in [-0.2, -0.15) is 0 Å². The SMILES string of the molecule is C/C1=C\CC/C(C)=C/C=C(/C(C)C)[C@@H](O)C[C@@](C)(OO)/C=C/C1. The molecule has 3 nitrogen and oxygen atoms in total. The fourth-order valence-electron chi connectivity index (χ4n) is 2.77. The molecule has 0 spiro atoms. The van der Waals surface area contributed by atoms with Gasteiger partial charge in [-0.25, -0.2) is 4.89 Å². The van der Waals surface area contributed by atoms with E-state index in [9.17, 15) is 10.4 Å². The topological polar surface area (TPSA) is 49.7 Å². The molecule has 130 valence electrons. The minimum atomic E-state index is -0.892. The summed E-state index contributed by atoms with van der Waals surface area (Å²) in [6, 6.07) is 0. The lowest BCUT2D eigenvalue weighted by Crippen LogP contribution is -2.32. The monoisotopic (exact) mass is 320 g/mol. The van der Waals surface area contributed by atoms with Crippen molar-refractivity contribution in [3.63, 3.8) is 0 Å². The molecule has 0 saturated carbocycles. The average molecular weight is 320 g/mol. The second-order valence-electron chi connectivity index (χ2n) is 7.15. The van der Waals surface area contributed by atoms with E-state index in [1.807, 2.05) is 18.2 Å². The minimum absolute atomic E-state index is 0.232. The second-order valence-corrected chi connectivity index (χ2v) is 7.15. The van der Waals surface area contributed by atoms with Crippen molar-refractivity contribution in [3.8, 4) is 0 Å². The standard InChI is InChI=1S/C20H32O3/c1-15(2)18-12-11-17(4)9-6-8-16(3)10-7-13-20(5,23-22)14-19(18)21/h7-8,11-13,15,19,21-22H,6,9-10,14H2,1-5H3/b13-7+,16-8+,17-11+,18-12-/t19-,20-/m0/s1. The first-order chi connectivity index (χ1) is 10.8. The molecule has 1 rings (SSSR count). The van der Waals surface area contributed by atoms with Gasteiger partial charge in [-0.3, -0.25) is 5.26 Å². The minimum Gasteiger partial charge on any atom is -0.389 e. The second kappa shape index (κ2) is 9.21. The van der Waals surface area contributed by atoms with Crippen LogP contribution in [0.2, 0.25) is 0 Å². The van der Waals surface area contributed by atoms with Gasteiger partial charge in [0, 0.05) is 6.42 Å². The molecular formula is C20H32O3. The summed E-state index contributed by atoms with van der Waals surface area (Å²) >= 11 is 0. The van der Waals surface area contributed by atoms with Gasteiger partial charge in [0.05, 0.1) is 6.10 Å². The lowest BCUT2D eigenvalue weighted by atomic mass is 9.88. The lowest BCUT2D eigenvalue weighted by molar-refractivity contribution is -0.307. The van der Waals surface area contributed by atoms with Crippen LogP contribution in [0.15, 0.2) is 47.1 Å². The van der Waals surface area contributed by atoms with Crippen molar-refractivity contribution in [2.45, 2.75) is 72.0 Å². The van der Waals surface area contributed by atoms with Gasteiger partial charge < -0.3 is 5.11 Å². The largest absolute Gasteiger partial charge is 0.389 e. The van der Waals surface area contributed by atoms with Crippen molar-refractivity contribution < 1.29 is 15.3 Å². The zero-order valence-electron chi connectivity index (χ0n) is 15.2. The fraction of sp³-hybridized carbons (Fsp3) is 0.600. The first-order valence-electron chi connectivity index (χ1n) is 8.48. The van der Waals surface area contributed by atoms with Gasteiger partial charge >= 0.3 is 0 Å². The van der Waals surface area contributed by atoms with Crippen molar-refractivity contribution in [3.05, 3.63) is 47.1 Å². The van der Waals surface area contributed by atoms with Gasteiger partial charge in [-0.15, -0.1) is 0 Å². The molecule has 0 amide bonds. The molecule has 0 fully saturated rings. The number of rotatable bonds is 2. The van der Waals surface area contributed by atoms with E-state index in [0.29, 0.717) is 6.42 Å². The zero-order valence-corrected chi connectivity index (χ0v) is 15.2. The predicted octanol–water partition coefficient (Wildman–Crippen LogP) is 5.20. The average Bonchev–Trinajstić information content (AvgIpc) is 2.46. The molecule has 0 aromatic carbocycles. The Hall–Kier alpha value is -1.16. The van der Waals surface area contributed by atoms with E-state index in [4.69, 9.17) is 0 Å². The fourth-order valence-corrected chi connectivity index (χ4v) is 2.77. The van der Waals surface area contributed by atoms with E-state index >= 15 is 0 Å². The number of hydrogen-bond acceptors (Lipinski definition) is 3. The van der Waals surface area contributed by atoms with Crippen LogP contribution in [0.1, 0.15) is 60.3 Å². The van der Waals surface area contributed by atoms with Crippen LogP contribution in [0.5, 0.6) is 0 Å². The molecule has 0 saturated heterocycles. The summed E-state index contributed by atoms with van der Waals surface area (Å²) in [6.45, 7) is 10.2. The van der Waals surface area contributed by atoms with Crippen LogP contribution in [0.3, 0.4) is 0 Å². The third-order valence-electron chi connectivity index (χ3n) is 4.36. The highest BCUT2D eigenvalue weighted by Crippen LogP contribution is 2.26. The van der Waals surface area contributed by atoms with Crippen LogP contribution in [-0.2, 0) is 4.89 Å². The molecule has 0 aliphatic heterocycles. The smallest absolute Gasteiger partial charge is 0.121 e. The van der Waals surface area contributed by atoms with Crippen LogP contribution < -0.4 is 0 Å². The van der Waals surface area contributed by atoms with E-state index in [1.54, 1.807) is 6.92 Å². The van der Waals surface area contributed by atoms with Crippen LogP contribution >= 0.6 is 0 Å². The summed E-state index contributed by atoms with van der Waals surface area (Å²) < 4.78 is 0. The molecule has 0 bridgehead atoms. The Bertz CT molecular complexity index is 497. The highest BCUT2D eigenvalue weighted by atomic mass is 17.1. The molecule has 1 aliphatic carbocycles. The summed E-state index contributed by atoms with van der Waals surface area (Å²) in [6.07, 6.45) is 12.8. The zero-order chi connectivity index (χ0) is 17.5. The van der Waals surface area contributed by atoms with Crippen molar-refractivity contribution in [1.82, 2.24) is 0 Å². The Morgan fingerprint density at radius 1 is 1.22 bits per heavy atom. The van der Waals surface area contributed by atoms with Gasteiger partial charge in [-0.1, -0.05) is 55.4 Å². The molecule has 3 heteroatoms. The molecule has 0 heterocycles. The van der Waals surface area contributed by atoms with Gasteiger partial charge in [0.1, 0.15) is 5.60 Å². The molecular weight excluding hydrogens is 288 g/mol. The van der Waals surface area contributed by atoms with Gasteiger partial charge in [-0.05, 0) is 51.5 Å². The van der Waals surface area contributed by atoms with E-state index < -0.39 is 11.7 Å². The normalized spacial score (nSPS) is 36.2. The summed E-state index contributed by atoms with van der Waals surface area (Å²) in [5, 5.41) is 19.9.